The van der Waals surface area contributed by atoms with Crippen molar-refractivity contribution in [1.29, 1.82) is 0 Å². The van der Waals surface area contributed by atoms with Gasteiger partial charge in [0.2, 0.25) is 0 Å². The Balaban J connectivity index is 2.00. The number of carbonyl (C=O) groups excluding carboxylic acids is 2. The lowest BCUT2D eigenvalue weighted by Gasteiger charge is -2.42. The maximum Gasteiger partial charge on any atom is 0.251 e. The predicted molar refractivity (Wildman–Crippen MR) is 98.8 cm³/mol. The monoisotopic (exact) mass is 391 g/mol. The zero-order chi connectivity index (χ0) is 19.9. The van der Waals surface area contributed by atoms with E-state index in [2.05, 4.69) is 5.32 Å². The first-order chi connectivity index (χ1) is 12.6. The highest BCUT2D eigenvalue weighted by atomic mass is 35.5. The first kappa shape index (κ1) is 19.3. The zero-order valence-electron chi connectivity index (χ0n) is 15.0. The normalized spacial score (nSPS) is 20.4. The van der Waals surface area contributed by atoms with Crippen molar-refractivity contribution in [2.45, 2.75) is 38.5 Å². The minimum atomic E-state index is -1.08. The van der Waals surface area contributed by atoms with Gasteiger partial charge in [-0.1, -0.05) is 11.6 Å². The second-order valence-corrected chi connectivity index (χ2v) is 7.45. The Morgan fingerprint density at radius 3 is 2.48 bits per heavy atom. The van der Waals surface area contributed by atoms with Gasteiger partial charge < -0.3 is 15.2 Å². The number of amides is 1. The highest BCUT2D eigenvalue weighted by Gasteiger charge is 2.43. The maximum atomic E-state index is 13.3. The molecule has 5 nitrogen and oxygen atoms in total. The molecular weight excluding hydrogens is 373 g/mol. The van der Waals surface area contributed by atoms with Gasteiger partial charge >= 0.3 is 0 Å². The van der Waals surface area contributed by atoms with Crippen LogP contribution < -0.4 is 10.1 Å². The molecule has 0 unspecified atom stereocenters. The molecule has 1 amide bonds. The number of ether oxygens (including phenoxy) is 1. The summed E-state index contributed by atoms with van der Waals surface area (Å²) in [5.74, 6) is -0.833. The number of nitrogens with one attached hydrogen (secondary N) is 1. The van der Waals surface area contributed by atoms with E-state index in [0.29, 0.717) is 16.9 Å². The van der Waals surface area contributed by atoms with E-state index in [4.69, 9.17) is 16.3 Å². The lowest BCUT2D eigenvalue weighted by atomic mass is 9.85. The summed E-state index contributed by atoms with van der Waals surface area (Å²) in [7, 11) is 0. The average Bonchev–Trinajstić information content (AvgIpc) is 2.60. The van der Waals surface area contributed by atoms with Gasteiger partial charge in [0.1, 0.15) is 23.3 Å². The first-order valence-corrected chi connectivity index (χ1v) is 8.76. The van der Waals surface area contributed by atoms with E-state index in [1.807, 2.05) is 0 Å². The molecule has 7 heteroatoms. The molecule has 2 aromatic rings. The number of fused-ring (bicyclic) bond motifs is 1. The van der Waals surface area contributed by atoms with Crippen LogP contribution >= 0.6 is 11.6 Å². The summed E-state index contributed by atoms with van der Waals surface area (Å²) >= 11 is 5.75. The van der Waals surface area contributed by atoms with Gasteiger partial charge in [-0.15, -0.1) is 0 Å². The van der Waals surface area contributed by atoms with Crippen molar-refractivity contribution in [1.82, 2.24) is 5.32 Å². The minimum absolute atomic E-state index is 0.146. The van der Waals surface area contributed by atoms with E-state index in [0.717, 1.165) is 6.07 Å². The predicted octanol–water partition coefficient (Wildman–Crippen LogP) is 3.68. The van der Waals surface area contributed by atoms with Gasteiger partial charge in [-0.3, -0.25) is 9.59 Å². The fraction of sp³-hybridized carbons (Fsp3) is 0.300. The number of Topliss-reactive ketones (excluding diaryl/α,β-unsaturated/α-hetero) is 1. The highest BCUT2D eigenvalue weighted by molar-refractivity contribution is 6.31. The Labute approximate surface area is 161 Å². The number of ketones is 1. The fourth-order valence-corrected chi connectivity index (χ4v) is 3.22. The van der Waals surface area contributed by atoms with Crippen LogP contribution in [0, 0.1) is 5.82 Å². The molecule has 2 aromatic carbocycles. The maximum absolute atomic E-state index is 13.3. The largest absolute Gasteiger partial charge is 0.485 e. The third-order valence-electron chi connectivity index (χ3n) is 4.62. The SMILES string of the molecule is CC(=O)c1ccc2c(c1)[C@@H](NC(=O)c1ccc(F)c(Cl)c1)[C@@H](O)C(C)(C)O2. The fourth-order valence-electron chi connectivity index (χ4n) is 3.04. The molecule has 1 aliphatic rings. The van der Waals surface area contributed by atoms with E-state index >= 15 is 0 Å². The number of halogens is 2. The van der Waals surface area contributed by atoms with Crippen molar-refractivity contribution in [3.05, 3.63) is 63.9 Å². The van der Waals surface area contributed by atoms with Crippen LogP contribution in [0.3, 0.4) is 0 Å². The molecule has 2 N–H and O–H groups in total. The Morgan fingerprint density at radius 2 is 1.85 bits per heavy atom. The van der Waals surface area contributed by atoms with Crippen LogP contribution in [0.25, 0.3) is 0 Å². The molecule has 3 rings (SSSR count). The lowest BCUT2D eigenvalue weighted by molar-refractivity contribution is -0.0627. The number of hydrogen-bond acceptors (Lipinski definition) is 4. The molecular formula is C20H19ClFNO4. The van der Waals surface area contributed by atoms with Crippen molar-refractivity contribution in [3.63, 3.8) is 0 Å². The highest BCUT2D eigenvalue weighted by Crippen LogP contribution is 2.40. The quantitative estimate of drug-likeness (QED) is 0.782. The van der Waals surface area contributed by atoms with E-state index in [1.54, 1.807) is 32.0 Å². The van der Waals surface area contributed by atoms with E-state index in [1.165, 1.54) is 19.1 Å². The van der Waals surface area contributed by atoms with Gasteiger partial charge in [0, 0.05) is 16.7 Å². The molecule has 0 aliphatic carbocycles. The van der Waals surface area contributed by atoms with Gasteiger partial charge in [-0.2, -0.15) is 0 Å². The minimum Gasteiger partial charge on any atom is -0.485 e. The van der Waals surface area contributed by atoms with E-state index in [-0.39, 0.29) is 16.4 Å². The van der Waals surface area contributed by atoms with Crippen LogP contribution in [0.15, 0.2) is 36.4 Å². The van der Waals surface area contributed by atoms with E-state index < -0.39 is 29.5 Å². The Hall–Kier alpha value is -2.44. The van der Waals surface area contributed by atoms with Crippen LogP contribution in [0.1, 0.15) is 53.1 Å². The molecule has 0 radical (unpaired) electrons. The Morgan fingerprint density at radius 1 is 1.19 bits per heavy atom. The average molecular weight is 392 g/mol. The molecule has 0 saturated carbocycles. The smallest absolute Gasteiger partial charge is 0.251 e. The number of carbonyl (C=O) groups is 2. The second kappa shape index (κ2) is 6.94. The third-order valence-corrected chi connectivity index (χ3v) is 4.91. The molecule has 0 spiro atoms. The van der Waals surface area contributed by atoms with Gasteiger partial charge in [0.25, 0.3) is 5.91 Å². The molecule has 2 atom stereocenters. The van der Waals surface area contributed by atoms with E-state index in [9.17, 15) is 19.1 Å². The van der Waals surface area contributed by atoms with Crippen molar-refractivity contribution >= 4 is 23.3 Å². The van der Waals surface area contributed by atoms with Crippen LogP contribution in [0.4, 0.5) is 4.39 Å². The number of benzene rings is 2. The van der Waals surface area contributed by atoms with Crippen LogP contribution in [0.2, 0.25) is 5.02 Å². The summed E-state index contributed by atoms with van der Waals surface area (Å²) in [5.41, 5.74) is 0.120. The van der Waals surface area contributed by atoms with Gasteiger partial charge in [0.15, 0.2) is 5.78 Å². The van der Waals surface area contributed by atoms with Gasteiger partial charge in [-0.05, 0) is 57.2 Å². The summed E-state index contributed by atoms with van der Waals surface area (Å²) in [6.07, 6.45) is -1.08. The number of aliphatic hydroxyl groups is 1. The van der Waals surface area contributed by atoms with Gasteiger partial charge in [-0.25, -0.2) is 4.39 Å². The number of hydrogen-bond donors (Lipinski definition) is 2. The molecule has 27 heavy (non-hydrogen) atoms. The van der Waals surface area contributed by atoms with Gasteiger partial charge in [0.05, 0.1) is 11.1 Å². The van der Waals surface area contributed by atoms with Crippen LogP contribution in [-0.2, 0) is 0 Å². The third kappa shape index (κ3) is 3.68. The van der Waals surface area contributed by atoms with Crippen LogP contribution in [0.5, 0.6) is 5.75 Å². The number of rotatable bonds is 3. The molecule has 1 heterocycles. The Bertz CT molecular complexity index is 928. The molecule has 142 valence electrons. The van der Waals surface area contributed by atoms with Crippen LogP contribution in [-0.4, -0.2) is 28.5 Å². The van der Waals surface area contributed by atoms with Crippen molar-refractivity contribution in [2.24, 2.45) is 0 Å². The second-order valence-electron chi connectivity index (χ2n) is 7.04. The van der Waals surface area contributed by atoms with Crippen molar-refractivity contribution < 1.29 is 23.8 Å². The lowest BCUT2D eigenvalue weighted by Crippen LogP contribution is -2.53. The summed E-state index contributed by atoms with van der Waals surface area (Å²) in [6.45, 7) is 4.83. The molecule has 0 bridgehead atoms. The molecule has 0 saturated heterocycles. The standard InChI is InChI=1S/C20H19ClFNO4/c1-10(24)11-5-7-16-13(8-11)17(18(25)20(2,3)27-16)23-19(26)12-4-6-15(22)14(21)9-12/h4-9,17-18,25H,1-3H3,(H,23,26)/t17-,18-/m1/s1. The Kier molecular flexibility index (Phi) is 4.97. The summed E-state index contributed by atoms with van der Waals surface area (Å²) in [5, 5.41) is 13.3. The summed E-state index contributed by atoms with van der Waals surface area (Å²) in [4.78, 5) is 24.4. The van der Waals surface area contributed by atoms with Crippen molar-refractivity contribution in [2.75, 3.05) is 0 Å². The number of aliphatic hydroxyl groups excluding tert-OH is 1. The topological polar surface area (TPSA) is 75.6 Å². The van der Waals surface area contributed by atoms with Crippen molar-refractivity contribution in [3.8, 4) is 5.75 Å². The molecule has 0 aromatic heterocycles. The zero-order valence-corrected chi connectivity index (χ0v) is 15.8. The molecule has 1 aliphatic heterocycles. The first-order valence-electron chi connectivity index (χ1n) is 8.38. The summed E-state index contributed by atoms with van der Waals surface area (Å²) < 4.78 is 19.2. The summed E-state index contributed by atoms with van der Waals surface area (Å²) in [6, 6.07) is 7.68. The molecule has 0 fully saturated rings.